The van der Waals surface area contributed by atoms with Crippen LogP contribution < -0.4 is 4.74 Å². The standard InChI is InChI=1S/C19H16ClNO3/c1-11-5-3-4-6-14(11)17-10-21-18(20)16-9-13(7-8-15(16)17)24-12(2)19(22)23/h3-10,12H,1-2H3,(H,22,23)/t12-/m0/s1. The molecule has 0 saturated carbocycles. The van der Waals surface area contributed by atoms with Crippen LogP contribution in [0, 0.1) is 6.92 Å². The molecule has 0 radical (unpaired) electrons. The van der Waals surface area contributed by atoms with E-state index in [1.165, 1.54) is 6.92 Å². The maximum Gasteiger partial charge on any atom is 0.344 e. The molecule has 5 heteroatoms. The predicted octanol–water partition coefficient (Wildman–Crippen LogP) is 4.72. The summed E-state index contributed by atoms with van der Waals surface area (Å²) in [6, 6.07) is 13.4. The van der Waals surface area contributed by atoms with Gasteiger partial charge in [0.2, 0.25) is 0 Å². The Kier molecular flexibility index (Phi) is 4.40. The molecule has 4 nitrogen and oxygen atoms in total. The van der Waals surface area contributed by atoms with Crippen LogP contribution in [0.5, 0.6) is 5.75 Å². The van der Waals surface area contributed by atoms with E-state index < -0.39 is 12.1 Å². The summed E-state index contributed by atoms with van der Waals surface area (Å²) in [4.78, 5) is 15.2. The molecule has 0 fully saturated rings. The summed E-state index contributed by atoms with van der Waals surface area (Å²) >= 11 is 6.24. The van der Waals surface area contributed by atoms with E-state index in [2.05, 4.69) is 4.98 Å². The largest absolute Gasteiger partial charge is 0.479 e. The van der Waals surface area contributed by atoms with Crippen LogP contribution in [0.15, 0.2) is 48.7 Å². The van der Waals surface area contributed by atoms with Gasteiger partial charge in [-0.05, 0) is 48.6 Å². The van der Waals surface area contributed by atoms with Crippen LogP contribution in [0.4, 0.5) is 0 Å². The lowest BCUT2D eigenvalue weighted by atomic mass is 9.97. The third-order valence-corrected chi connectivity index (χ3v) is 4.21. The Bertz CT molecular complexity index is 924. The number of carboxylic acids is 1. The maximum atomic E-state index is 10.9. The van der Waals surface area contributed by atoms with Crippen molar-refractivity contribution in [3.63, 3.8) is 0 Å². The molecule has 0 aliphatic carbocycles. The molecule has 0 spiro atoms. The average Bonchev–Trinajstić information content (AvgIpc) is 2.56. The Morgan fingerprint density at radius 3 is 2.62 bits per heavy atom. The van der Waals surface area contributed by atoms with E-state index in [0.717, 1.165) is 27.5 Å². The van der Waals surface area contributed by atoms with Gasteiger partial charge >= 0.3 is 5.97 Å². The van der Waals surface area contributed by atoms with Gasteiger partial charge in [0, 0.05) is 17.1 Å². The molecule has 1 N–H and O–H groups in total. The Morgan fingerprint density at radius 1 is 1.17 bits per heavy atom. The molecular formula is C19H16ClNO3. The Hall–Kier alpha value is -2.59. The second-order valence-corrected chi connectivity index (χ2v) is 5.94. The minimum absolute atomic E-state index is 0.357. The van der Waals surface area contributed by atoms with Crippen LogP contribution in [-0.4, -0.2) is 22.2 Å². The fourth-order valence-electron chi connectivity index (χ4n) is 2.61. The van der Waals surface area contributed by atoms with Gasteiger partial charge in [-0.15, -0.1) is 0 Å². The minimum atomic E-state index is -1.02. The molecule has 0 bridgehead atoms. The van der Waals surface area contributed by atoms with Crippen molar-refractivity contribution >= 4 is 28.3 Å². The number of hydrogen-bond acceptors (Lipinski definition) is 3. The number of nitrogens with zero attached hydrogens (tertiary/aromatic N) is 1. The minimum Gasteiger partial charge on any atom is -0.479 e. The van der Waals surface area contributed by atoms with E-state index in [1.807, 2.05) is 37.3 Å². The zero-order valence-electron chi connectivity index (χ0n) is 13.3. The molecule has 1 aromatic heterocycles. The van der Waals surface area contributed by atoms with Crippen LogP contribution in [0.2, 0.25) is 5.15 Å². The summed E-state index contributed by atoms with van der Waals surface area (Å²) in [6.07, 6.45) is 0.821. The second kappa shape index (κ2) is 6.49. The highest BCUT2D eigenvalue weighted by Crippen LogP contribution is 2.35. The predicted molar refractivity (Wildman–Crippen MR) is 94.7 cm³/mol. The molecule has 0 aliphatic heterocycles. The first-order valence-electron chi connectivity index (χ1n) is 7.51. The quantitative estimate of drug-likeness (QED) is 0.698. The summed E-state index contributed by atoms with van der Waals surface area (Å²) in [6.45, 7) is 3.53. The third kappa shape index (κ3) is 3.05. The Morgan fingerprint density at radius 2 is 1.92 bits per heavy atom. The van der Waals surface area contributed by atoms with E-state index in [4.69, 9.17) is 21.4 Å². The van der Waals surface area contributed by atoms with Crippen molar-refractivity contribution in [3.8, 4) is 16.9 Å². The van der Waals surface area contributed by atoms with Gasteiger partial charge in [-0.3, -0.25) is 0 Å². The molecular weight excluding hydrogens is 326 g/mol. The molecule has 0 saturated heterocycles. The van der Waals surface area contributed by atoms with Crippen LogP contribution in [0.3, 0.4) is 0 Å². The van der Waals surface area contributed by atoms with Crippen molar-refractivity contribution in [1.29, 1.82) is 0 Å². The Balaban J connectivity index is 2.13. The van der Waals surface area contributed by atoms with Crippen LogP contribution in [0.1, 0.15) is 12.5 Å². The lowest BCUT2D eigenvalue weighted by Gasteiger charge is -2.14. The highest BCUT2D eigenvalue weighted by atomic mass is 35.5. The van der Waals surface area contributed by atoms with E-state index in [0.29, 0.717) is 10.9 Å². The third-order valence-electron chi connectivity index (χ3n) is 3.91. The first-order valence-corrected chi connectivity index (χ1v) is 7.89. The number of carbonyl (C=O) groups is 1. The van der Waals surface area contributed by atoms with Gasteiger partial charge in [0.1, 0.15) is 10.9 Å². The second-order valence-electron chi connectivity index (χ2n) is 5.58. The van der Waals surface area contributed by atoms with Crippen molar-refractivity contribution in [3.05, 3.63) is 59.4 Å². The molecule has 3 aromatic rings. The number of halogens is 1. The Labute approximate surface area is 144 Å². The molecule has 1 atom stereocenters. The van der Waals surface area contributed by atoms with Crippen molar-refractivity contribution in [2.75, 3.05) is 0 Å². The van der Waals surface area contributed by atoms with Crippen molar-refractivity contribution in [1.82, 2.24) is 4.98 Å². The van der Waals surface area contributed by atoms with Gasteiger partial charge in [0.25, 0.3) is 0 Å². The molecule has 122 valence electrons. The van der Waals surface area contributed by atoms with Crippen molar-refractivity contribution in [2.45, 2.75) is 20.0 Å². The number of aromatic nitrogens is 1. The summed E-state index contributed by atoms with van der Waals surface area (Å²) < 4.78 is 5.42. The van der Waals surface area contributed by atoms with Gasteiger partial charge < -0.3 is 9.84 Å². The summed E-state index contributed by atoms with van der Waals surface area (Å²) in [5.41, 5.74) is 3.20. The van der Waals surface area contributed by atoms with Gasteiger partial charge in [-0.1, -0.05) is 35.9 Å². The molecule has 2 aromatic carbocycles. The van der Waals surface area contributed by atoms with E-state index in [1.54, 1.807) is 18.3 Å². The zero-order chi connectivity index (χ0) is 17.3. The number of rotatable bonds is 4. The van der Waals surface area contributed by atoms with Gasteiger partial charge in [0.15, 0.2) is 6.10 Å². The van der Waals surface area contributed by atoms with E-state index in [9.17, 15) is 4.79 Å². The van der Waals surface area contributed by atoms with Crippen LogP contribution >= 0.6 is 11.6 Å². The highest BCUT2D eigenvalue weighted by Gasteiger charge is 2.15. The summed E-state index contributed by atoms with van der Waals surface area (Å²) in [7, 11) is 0. The lowest BCUT2D eigenvalue weighted by Crippen LogP contribution is -2.22. The summed E-state index contributed by atoms with van der Waals surface area (Å²) in [5.74, 6) is -0.573. The topological polar surface area (TPSA) is 59.4 Å². The van der Waals surface area contributed by atoms with Gasteiger partial charge in [-0.2, -0.15) is 0 Å². The average molecular weight is 342 g/mol. The first kappa shape index (κ1) is 16.3. The smallest absolute Gasteiger partial charge is 0.344 e. The SMILES string of the molecule is Cc1ccccc1-c1cnc(Cl)c2cc(O[C@@H](C)C(=O)O)ccc12. The van der Waals surface area contributed by atoms with Gasteiger partial charge in [0.05, 0.1) is 0 Å². The number of aryl methyl sites for hydroxylation is 1. The van der Waals surface area contributed by atoms with Crippen molar-refractivity contribution in [2.24, 2.45) is 0 Å². The monoisotopic (exact) mass is 341 g/mol. The first-order chi connectivity index (χ1) is 11.5. The number of carboxylic acid groups (broad SMARTS) is 1. The molecule has 0 amide bonds. The van der Waals surface area contributed by atoms with E-state index >= 15 is 0 Å². The maximum absolute atomic E-state index is 10.9. The highest BCUT2D eigenvalue weighted by molar-refractivity contribution is 6.34. The number of fused-ring (bicyclic) bond motifs is 1. The normalized spacial score (nSPS) is 12.1. The number of benzene rings is 2. The molecule has 24 heavy (non-hydrogen) atoms. The lowest BCUT2D eigenvalue weighted by molar-refractivity contribution is -0.144. The molecule has 3 rings (SSSR count). The van der Waals surface area contributed by atoms with Crippen LogP contribution in [0.25, 0.3) is 21.9 Å². The number of aliphatic carboxylic acids is 1. The van der Waals surface area contributed by atoms with Crippen molar-refractivity contribution < 1.29 is 14.6 Å². The fourth-order valence-corrected chi connectivity index (χ4v) is 2.81. The molecule has 0 aliphatic rings. The zero-order valence-corrected chi connectivity index (χ0v) is 14.0. The van der Waals surface area contributed by atoms with Gasteiger partial charge in [-0.25, -0.2) is 9.78 Å². The molecule has 1 heterocycles. The number of ether oxygens (including phenoxy) is 1. The van der Waals surface area contributed by atoms with E-state index in [-0.39, 0.29) is 0 Å². The number of hydrogen-bond donors (Lipinski definition) is 1. The molecule has 0 unspecified atom stereocenters. The fraction of sp³-hybridized carbons (Fsp3) is 0.158. The summed E-state index contributed by atoms with van der Waals surface area (Å²) in [5, 5.41) is 11.0. The van der Waals surface area contributed by atoms with Crippen LogP contribution in [-0.2, 0) is 4.79 Å². The number of pyridine rings is 1.